The van der Waals surface area contributed by atoms with Gasteiger partial charge in [-0.25, -0.2) is 4.98 Å². The third-order valence-electron chi connectivity index (χ3n) is 15.8. The van der Waals surface area contributed by atoms with Crippen LogP contribution in [0.5, 0.6) is 5.75 Å². The molecule has 1 aliphatic carbocycles. The average molecular weight is 975 g/mol. The van der Waals surface area contributed by atoms with Gasteiger partial charge >= 0.3 is 0 Å². The van der Waals surface area contributed by atoms with Crippen LogP contribution in [0.15, 0.2) is 79.1 Å². The van der Waals surface area contributed by atoms with Gasteiger partial charge in [-0.15, -0.1) is 10.2 Å². The Morgan fingerprint density at radius 2 is 1.55 bits per heavy atom. The molecule has 15 nitrogen and oxygen atoms in total. The molecule has 16 heteroatoms. The van der Waals surface area contributed by atoms with Gasteiger partial charge in [0.25, 0.3) is 5.91 Å². The third-order valence-corrected chi connectivity index (χ3v) is 16.1. The number of pyridine rings is 2. The van der Waals surface area contributed by atoms with E-state index in [2.05, 4.69) is 72.5 Å². The molecule has 2 amide bonds. The summed E-state index contributed by atoms with van der Waals surface area (Å²) in [5, 5.41) is 28.9. The van der Waals surface area contributed by atoms with Gasteiger partial charge < -0.3 is 29.5 Å². The number of hydrogen-bond acceptors (Lipinski definition) is 12. The van der Waals surface area contributed by atoms with E-state index in [-0.39, 0.29) is 24.0 Å². The minimum Gasteiger partial charge on any atom is -0.490 e. The number of rotatable bonds is 10. The first-order chi connectivity index (χ1) is 34.7. The summed E-state index contributed by atoms with van der Waals surface area (Å²) in [5.74, 6) is 3.74. The number of nitrogens with zero attached hydrogens (tertiary/aromatic N) is 10. The Hall–Kier alpha value is -6.63. The van der Waals surface area contributed by atoms with Gasteiger partial charge in [0, 0.05) is 118 Å². The zero-order valence-corrected chi connectivity index (χ0v) is 41.1. The van der Waals surface area contributed by atoms with E-state index in [0.29, 0.717) is 53.0 Å². The lowest BCUT2D eigenvalue weighted by molar-refractivity contribution is -0.129. The Balaban J connectivity index is 0.654. The Morgan fingerprint density at radius 1 is 0.803 bits per heavy atom. The summed E-state index contributed by atoms with van der Waals surface area (Å²) in [5.41, 5.74) is 7.02. The zero-order valence-electron chi connectivity index (χ0n) is 40.3. The van der Waals surface area contributed by atoms with Gasteiger partial charge in [0.1, 0.15) is 17.6 Å². The molecule has 3 saturated heterocycles. The van der Waals surface area contributed by atoms with Gasteiger partial charge in [-0.2, -0.15) is 10.4 Å². The minimum atomic E-state index is -0.199. The molecule has 6 aromatic rings. The second-order valence-corrected chi connectivity index (χ2v) is 20.4. The molecule has 4 fully saturated rings. The monoisotopic (exact) mass is 973 g/mol. The topological polar surface area (TPSA) is 168 Å². The molecule has 366 valence electrons. The number of anilines is 2. The Morgan fingerprint density at radius 3 is 2.23 bits per heavy atom. The van der Waals surface area contributed by atoms with E-state index in [1.165, 1.54) is 5.69 Å². The van der Waals surface area contributed by atoms with Crippen LogP contribution in [-0.2, 0) is 22.5 Å². The van der Waals surface area contributed by atoms with Crippen LogP contribution in [0.2, 0.25) is 5.02 Å². The van der Waals surface area contributed by atoms with Crippen LogP contribution < -0.4 is 19.9 Å². The molecule has 2 aromatic carbocycles. The van der Waals surface area contributed by atoms with E-state index in [4.69, 9.17) is 41.4 Å². The van der Waals surface area contributed by atoms with E-state index in [9.17, 15) is 9.59 Å². The van der Waals surface area contributed by atoms with Crippen molar-refractivity contribution in [3.63, 3.8) is 0 Å². The van der Waals surface area contributed by atoms with Crippen molar-refractivity contribution in [1.82, 2.24) is 40.2 Å². The van der Waals surface area contributed by atoms with Crippen molar-refractivity contribution >= 4 is 45.8 Å². The first-order valence-electron chi connectivity index (χ1n) is 25.5. The lowest BCUT2D eigenvalue weighted by Gasteiger charge is -2.40. The maximum absolute atomic E-state index is 13.1. The SMILES string of the molecule is CC(=O)N1CCc2c(c(-c3cccc4cc(-c5ccc(N6CCC(C7CCN(c8ccc(C(=O)NC9CCC(Oc%10ccc(C#N)c(Cl)c%10)CC9)nn8)CC7)CC6)nc5)ncc34)nn2C2CCOCC2)C1. The standard InChI is InChI=1S/C55H60ClN11O4/c1-35(68)66-26-19-51-47(34-66)54(63-67(51)42-20-27-70-28-21-42)45-4-2-3-38-29-50(58-33-46(38)45)40-6-13-52(59-32-40)64-22-15-36(16-23-64)37-17-24-65(25-18-37)53-14-12-49(61-62-53)55(69)60-41-7-10-43(11-8-41)71-44-9-5-39(31-57)48(56)30-44/h2-6,9,12-14,29-30,32-33,36-37,41-43H,7-8,10-11,15-28,34H2,1H3,(H,60,69). The summed E-state index contributed by atoms with van der Waals surface area (Å²) in [6, 6.07) is 24.1. The van der Waals surface area contributed by atoms with Gasteiger partial charge in [0.15, 0.2) is 11.5 Å². The van der Waals surface area contributed by atoms with Gasteiger partial charge in [0.05, 0.1) is 34.1 Å². The van der Waals surface area contributed by atoms with E-state index < -0.39 is 0 Å². The highest BCUT2D eigenvalue weighted by atomic mass is 35.5. The van der Waals surface area contributed by atoms with Crippen molar-refractivity contribution in [1.29, 1.82) is 5.26 Å². The molecule has 71 heavy (non-hydrogen) atoms. The number of carbonyl (C=O) groups excluding carboxylic acids is 2. The van der Waals surface area contributed by atoms with Gasteiger partial charge in [-0.3, -0.25) is 19.3 Å². The van der Waals surface area contributed by atoms with Crippen LogP contribution in [0, 0.1) is 23.2 Å². The molecule has 8 heterocycles. The van der Waals surface area contributed by atoms with Crippen molar-refractivity contribution in [2.45, 2.75) is 102 Å². The largest absolute Gasteiger partial charge is 0.490 e. The molecule has 0 unspecified atom stereocenters. The first kappa shape index (κ1) is 46.7. The highest BCUT2D eigenvalue weighted by molar-refractivity contribution is 6.31. The van der Waals surface area contributed by atoms with Gasteiger partial charge in [-0.1, -0.05) is 29.8 Å². The number of benzene rings is 2. The number of carbonyl (C=O) groups is 2. The predicted molar refractivity (Wildman–Crippen MR) is 272 cm³/mol. The van der Waals surface area contributed by atoms with Crippen LogP contribution in [-0.4, -0.2) is 105 Å². The molecule has 4 aliphatic heterocycles. The highest BCUT2D eigenvalue weighted by Gasteiger charge is 2.33. The number of halogens is 1. The van der Waals surface area contributed by atoms with Crippen molar-refractivity contribution < 1.29 is 19.1 Å². The molecule has 1 N–H and O–H groups in total. The van der Waals surface area contributed by atoms with E-state index in [1.807, 2.05) is 23.4 Å². The summed E-state index contributed by atoms with van der Waals surface area (Å²) in [7, 11) is 0. The minimum absolute atomic E-state index is 0.0323. The van der Waals surface area contributed by atoms with Gasteiger partial charge in [-0.05, 0) is 124 Å². The van der Waals surface area contributed by atoms with E-state index in [1.54, 1.807) is 31.2 Å². The van der Waals surface area contributed by atoms with Crippen LogP contribution in [0.1, 0.15) is 104 Å². The molecule has 0 bridgehead atoms. The molecular formula is C55H60ClN11O4. The fourth-order valence-electron chi connectivity index (χ4n) is 11.7. The highest BCUT2D eigenvalue weighted by Crippen LogP contribution is 2.39. The fraction of sp³-hybridized carbons (Fsp3) is 0.455. The van der Waals surface area contributed by atoms with Crippen molar-refractivity contribution in [2.75, 3.05) is 55.7 Å². The lowest BCUT2D eigenvalue weighted by Crippen LogP contribution is -2.41. The summed E-state index contributed by atoms with van der Waals surface area (Å²) < 4.78 is 14.1. The maximum atomic E-state index is 13.1. The van der Waals surface area contributed by atoms with Crippen molar-refractivity contribution in [3.05, 3.63) is 107 Å². The second-order valence-electron chi connectivity index (χ2n) is 20.0. The maximum Gasteiger partial charge on any atom is 0.272 e. The number of nitrogens with one attached hydrogen (secondary N) is 1. The van der Waals surface area contributed by atoms with Crippen molar-refractivity contribution in [3.8, 4) is 34.3 Å². The fourth-order valence-corrected chi connectivity index (χ4v) is 11.9. The molecule has 11 rings (SSSR count). The zero-order chi connectivity index (χ0) is 48.4. The Labute approximate surface area is 419 Å². The molecule has 0 atom stereocenters. The lowest BCUT2D eigenvalue weighted by atomic mass is 9.79. The van der Waals surface area contributed by atoms with E-state index >= 15 is 0 Å². The number of hydrogen-bond donors (Lipinski definition) is 1. The van der Waals surface area contributed by atoms with Crippen LogP contribution in [0.4, 0.5) is 11.6 Å². The smallest absolute Gasteiger partial charge is 0.272 e. The molecular weight excluding hydrogens is 914 g/mol. The molecule has 5 aliphatic rings. The predicted octanol–water partition coefficient (Wildman–Crippen LogP) is 8.98. The number of nitriles is 1. The first-order valence-corrected chi connectivity index (χ1v) is 25.9. The molecule has 1 saturated carbocycles. The third kappa shape index (κ3) is 10.0. The summed E-state index contributed by atoms with van der Waals surface area (Å²) in [4.78, 5) is 42.2. The van der Waals surface area contributed by atoms with Crippen LogP contribution in [0.25, 0.3) is 33.3 Å². The average Bonchev–Trinajstić information content (AvgIpc) is 3.80. The van der Waals surface area contributed by atoms with E-state index in [0.717, 1.165) is 161 Å². The van der Waals surface area contributed by atoms with Gasteiger partial charge in [0.2, 0.25) is 5.91 Å². The summed E-state index contributed by atoms with van der Waals surface area (Å²) >= 11 is 6.18. The Bertz CT molecular complexity index is 2930. The summed E-state index contributed by atoms with van der Waals surface area (Å²) in [6.07, 6.45) is 14.4. The number of ether oxygens (including phenoxy) is 2. The molecule has 4 aromatic heterocycles. The summed E-state index contributed by atoms with van der Waals surface area (Å²) in [6.45, 7) is 8.27. The van der Waals surface area contributed by atoms with Crippen LogP contribution in [0.3, 0.4) is 0 Å². The quantitative estimate of drug-likeness (QED) is 0.139. The number of fused-ring (bicyclic) bond motifs is 2. The van der Waals surface area contributed by atoms with Crippen LogP contribution >= 0.6 is 11.6 Å². The number of piperidine rings is 2. The molecule has 0 radical (unpaired) electrons. The number of aromatic nitrogens is 6. The second kappa shape index (κ2) is 20.6. The van der Waals surface area contributed by atoms with Crippen molar-refractivity contribution in [2.24, 2.45) is 11.8 Å². The number of amides is 2. The Kier molecular flexibility index (Phi) is 13.6. The normalized spacial score (nSPS) is 20.4. The molecule has 0 spiro atoms.